The third-order valence-corrected chi connectivity index (χ3v) is 2.46. The zero-order chi connectivity index (χ0) is 9.03. The summed E-state index contributed by atoms with van der Waals surface area (Å²) < 4.78 is 11.2. The molecule has 2 atom stereocenters. The second-order valence-electron chi connectivity index (χ2n) is 3.44. The van der Waals surface area contributed by atoms with Crippen molar-refractivity contribution in [1.29, 1.82) is 0 Å². The van der Waals surface area contributed by atoms with Crippen LogP contribution in [0.2, 0.25) is 0 Å². The monoisotopic (exact) mass is 173 g/mol. The smallest absolute Gasteiger partial charge is 0.104 e. The molecule has 0 saturated carbocycles. The van der Waals surface area contributed by atoms with Crippen molar-refractivity contribution in [2.24, 2.45) is 0 Å². The van der Waals surface area contributed by atoms with Gasteiger partial charge in [0.25, 0.3) is 0 Å². The summed E-state index contributed by atoms with van der Waals surface area (Å²) >= 11 is 0. The first-order chi connectivity index (χ1) is 5.69. The number of nitrogens with one attached hydrogen (secondary N) is 1. The Labute approximate surface area is 74.4 Å². The van der Waals surface area contributed by atoms with Gasteiger partial charge in [-0.15, -0.1) is 0 Å². The van der Waals surface area contributed by atoms with E-state index in [4.69, 9.17) is 9.47 Å². The molecule has 0 aromatic rings. The van der Waals surface area contributed by atoms with Crippen LogP contribution >= 0.6 is 0 Å². The predicted molar refractivity (Wildman–Crippen MR) is 48.3 cm³/mol. The summed E-state index contributed by atoms with van der Waals surface area (Å²) in [4.78, 5) is 0. The fourth-order valence-electron chi connectivity index (χ4n) is 1.43. The van der Waals surface area contributed by atoms with Crippen molar-refractivity contribution in [3.63, 3.8) is 0 Å². The fraction of sp³-hybridized carbons (Fsp3) is 1.00. The Balaban J connectivity index is 2.44. The fourth-order valence-corrected chi connectivity index (χ4v) is 1.43. The van der Waals surface area contributed by atoms with Crippen LogP contribution in [0.5, 0.6) is 0 Å². The van der Waals surface area contributed by atoms with Gasteiger partial charge in [-0.25, -0.2) is 0 Å². The van der Waals surface area contributed by atoms with E-state index in [1.54, 1.807) is 0 Å². The van der Waals surface area contributed by atoms with E-state index in [1.165, 1.54) is 0 Å². The molecule has 2 unspecified atom stereocenters. The summed E-state index contributed by atoms with van der Waals surface area (Å²) in [7, 11) is 0. The maximum atomic E-state index is 5.69. The van der Waals surface area contributed by atoms with E-state index in [9.17, 15) is 0 Å². The van der Waals surface area contributed by atoms with Crippen molar-refractivity contribution in [2.45, 2.75) is 32.5 Å². The molecule has 0 aromatic carbocycles. The average molecular weight is 173 g/mol. The van der Waals surface area contributed by atoms with Crippen LogP contribution in [0.1, 0.15) is 20.8 Å². The Bertz CT molecular complexity index is 132. The first-order valence-electron chi connectivity index (χ1n) is 4.65. The van der Waals surface area contributed by atoms with Crippen LogP contribution in [0.25, 0.3) is 0 Å². The molecule has 1 saturated heterocycles. The van der Waals surface area contributed by atoms with Gasteiger partial charge in [0.2, 0.25) is 0 Å². The van der Waals surface area contributed by atoms with Crippen molar-refractivity contribution < 1.29 is 9.47 Å². The summed E-state index contributed by atoms with van der Waals surface area (Å²) in [5, 5.41) is 3.31. The minimum Gasteiger partial charge on any atom is -0.376 e. The maximum Gasteiger partial charge on any atom is 0.104 e. The SMILES string of the molecule is CCOC(C)C1(C)CNCCO1. The molecule has 1 N–H and O–H groups in total. The number of hydrogen-bond donors (Lipinski definition) is 1. The molecule has 0 aromatic heterocycles. The number of rotatable bonds is 3. The van der Waals surface area contributed by atoms with E-state index >= 15 is 0 Å². The van der Waals surface area contributed by atoms with Gasteiger partial charge in [-0.2, -0.15) is 0 Å². The number of hydrogen-bond acceptors (Lipinski definition) is 3. The third kappa shape index (κ3) is 2.19. The molecule has 0 aliphatic carbocycles. The minimum atomic E-state index is -0.145. The predicted octanol–water partition coefficient (Wildman–Crippen LogP) is 0.790. The van der Waals surface area contributed by atoms with E-state index in [2.05, 4.69) is 19.2 Å². The number of morpholine rings is 1. The van der Waals surface area contributed by atoms with Crippen molar-refractivity contribution >= 4 is 0 Å². The third-order valence-electron chi connectivity index (χ3n) is 2.46. The highest BCUT2D eigenvalue weighted by Gasteiger charge is 2.34. The molecule has 3 heteroatoms. The largest absolute Gasteiger partial charge is 0.376 e. The van der Waals surface area contributed by atoms with E-state index in [-0.39, 0.29) is 11.7 Å². The molecule has 1 fully saturated rings. The minimum absolute atomic E-state index is 0.145. The second kappa shape index (κ2) is 4.21. The number of ether oxygens (including phenoxy) is 2. The quantitative estimate of drug-likeness (QED) is 0.684. The molecule has 1 aliphatic rings. The highest BCUT2D eigenvalue weighted by atomic mass is 16.6. The lowest BCUT2D eigenvalue weighted by molar-refractivity contribution is -0.139. The summed E-state index contributed by atoms with van der Waals surface area (Å²) in [5.41, 5.74) is -0.145. The summed E-state index contributed by atoms with van der Waals surface area (Å²) in [6.07, 6.45) is 0.162. The average Bonchev–Trinajstić information content (AvgIpc) is 2.06. The van der Waals surface area contributed by atoms with Gasteiger partial charge in [-0.05, 0) is 20.8 Å². The molecule has 0 amide bonds. The summed E-state index contributed by atoms with van der Waals surface area (Å²) in [6, 6.07) is 0. The van der Waals surface area contributed by atoms with Gasteiger partial charge >= 0.3 is 0 Å². The zero-order valence-corrected chi connectivity index (χ0v) is 8.22. The van der Waals surface area contributed by atoms with Gasteiger partial charge in [0.1, 0.15) is 5.60 Å². The lowest BCUT2D eigenvalue weighted by Crippen LogP contribution is -2.54. The zero-order valence-electron chi connectivity index (χ0n) is 8.22. The lowest BCUT2D eigenvalue weighted by Gasteiger charge is -2.38. The van der Waals surface area contributed by atoms with Crippen LogP contribution < -0.4 is 5.32 Å². The van der Waals surface area contributed by atoms with Crippen LogP contribution in [0.4, 0.5) is 0 Å². The molecule has 3 nitrogen and oxygen atoms in total. The van der Waals surface area contributed by atoms with Gasteiger partial charge in [-0.1, -0.05) is 0 Å². The molecule has 1 aliphatic heterocycles. The normalized spacial score (nSPS) is 33.2. The molecular formula is C9H19NO2. The van der Waals surface area contributed by atoms with Crippen LogP contribution in [0.3, 0.4) is 0 Å². The van der Waals surface area contributed by atoms with Gasteiger partial charge in [0.15, 0.2) is 0 Å². The van der Waals surface area contributed by atoms with Crippen molar-refractivity contribution in [3.8, 4) is 0 Å². The Morgan fingerprint density at radius 3 is 2.92 bits per heavy atom. The van der Waals surface area contributed by atoms with Crippen LogP contribution in [-0.4, -0.2) is 38.0 Å². The lowest BCUT2D eigenvalue weighted by atomic mass is 9.99. The van der Waals surface area contributed by atoms with E-state index in [0.29, 0.717) is 0 Å². The molecule has 1 rings (SSSR count). The van der Waals surface area contributed by atoms with Crippen LogP contribution in [-0.2, 0) is 9.47 Å². The molecule has 0 bridgehead atoms. The molecule has 12 heavy (non-hydrogen) atoms. The Hall–Kier alpha value is -0.120. The second-order valence-corrected chi connectivity index (χ2v) is 3.44. The summed E-state index contributed by atoms with van der Waals surface area (Å²) in [5.74, 6) is 0. The molecule has 72 valence electrons. The Morgan fingerprint density at radius 2 is 2.42 bits per heavy atom. The molecule has 0 spiro atoms. The first-order valence-corrected chi connectivity index (χ1v) is 4.65. The highest BCUT2D eigenvalue weighted by Crippen LogP contribution is 2.19. The van der Waals surface area contributed by atoms with E-state index in [1.807, 2.05) is 6.92 Å². The summed E-state index contributed by atoms with van der Waals surface area (Å²) in [6.45, 7) is 9.54. The Kier molecular flexibility index (Phi) is 3.50. The van der Waals surface area contributed by atoms with Gasteiger partial charge in [0.05, 0.1) is 12.7 Å². The van der Waals surface area contributed by atoms with E-state index < -0.39 is 0 Å². The highest BCUT2D eigenvalue weighted by molar-refractivity contribution is 4.87. The first kappa shape index (κ1) is 9.96. The topological polar surface area (TPSA) is 30.5 Å². The van der Waals surface area contributed by atoms with Gasteiger partial charge in [-0.3, -0.25) is 0 Å². The Morgan fingerprint density at radius 1 is 1.67 bits per heavy atom. The molecule has 1 heterocycles. The standard InChI is InChI=1S/C9H19NO2/c1-4-11-8(2)9(3)7-10-5-6-12-9/h8,10H,4-7H2,1-3H3. The van der Waals surface area contributed by atoms with Gasteiger partial charge in [0, 0.05) is 19.7 Å². The van der Waals surface area contributed by atoms with Crippen LogP contribution in [0.15, 0.2) is 0 Å². The van der Waals surface area contributed by atoms with Crippen molar-refractivity contribution in [3.05, 3.63) is 0 Å². The van der Waals surface area contributed by atoms with Crippen molar-refractivity contribution in [2.75, 3.05) is 26.3 Å². The maximum absolute atomic E-state index is 5.69. The molecule has 0 radical (unpaired) electrons. The van der Waals surface area contributed by atoms with Crippen molar-refractivity contribution in [1.82, 2.24) is 5.32 Å². The molecular weight excluding hydrogens is 154 g/mol. The van der Waals surface area contributed by atoms with E-state index in [0.717, 1.165) is 26.3 Å². The van der Waals surface area contributed by atoms with Gasteiger partial charge < -0.3 is 14.8 Å². The van der Waals surface area contributed by atoms with Crippen LogP contribution in [0, 0.1) is 0 Å².